The van der Waals surface area contributed by atoms with Crippen LogP contribution in [-0.4, -0.2) is 41.4 Å². The second-order valence-electron chi connectivity index (χ2n) is 5.10. The van der Waals surface area contributed by atoms with Gasteiger partial charge in [-0.05, 0) is 26.0 Å². The molecule has 0 fully saturated rings. The first-order valence-electron chi connectivity index (χ1n) is 7.28. The Morgan fingerprint density at radius 3 is 3.00 bits per heavy atom. The van der Waals surface area contributed by atoms with E-state index in [2.05, 4.69) is 10.3 Å². The summed E-state index contributed by atoms with van der Waals surface area (Å²) in [4.78, 5) is 36.8. The maximum absolute atomic E-state index is 11.8. The number of nitrogens with one attached hydrogen (secondary N) is 2. The number of nitrogens with two attached hydrogens (primary N) is 1. The third-order valence-corrected chi connectivity index (χ3v) is 3.25. The van der Waals surface area contributed by atoms with Crippen molar-refractivity contribution < 1.29 is 14.3 Å². The van der Waals surface area contributed by atoms with E-state index in [1.165, 1.54) is 10.8 Å². The minimum Gasteiger partial charge on any atom is -0.446 e. The van der Waals surface area contributed by atoms with Crippen molar-refractivity contribution in [3.8, 4) is 0 Å². The molecule has 9 heteroatoms. The lowest BCUT2D eigenvalue weighted by Crippen LogP contribution is -2.34. The number of aromatic nitrogens is 2. The highest BCUT2D eigenvalue weighted by molar-refractivity contribution is 5.67. The Kier molecular flexibility index (Phi) is 5.72. The third-order valence-electron chi connectivity index (χ3n) is 3.25. The Hall–Kier alpha value is -2.39. The van der Waals surface area contributed by atoms with Gasteiger partial charge in [-0.15, -0.1) is 0 Å². The van der Waals surface area contributed by atoms with Gasteiger partial charge < -0.3 is 20.5 Å². The summed E-state index contributed by atoms with van der Waals surface area (Å²) >= 11 is 0. The average Bonchev–Trinajstić information content (AvgIpc) is 2.98. The maximum Gasteiger partial charge on any atom is 0.407 e. The highest BCUT2D eigenvalue weighted by Gasteiger charge is 2.23. The number of alkyl carbamates (subject to hydrolysis) is 1. The molecule has 0 saturated carbocycles. The Balaban J connectivity index is 1.86. The number of hydrogen-bond donors (Lipinski definition) is 3. The predicted molar refractivity (Wildman–Crippen MR) is 82.1 cm³/mol. The summed E-state index contributed by atoms with van der Waals surface area (Å²) in [6.07, 6.45) is 3.82. The smallest absolute Gasteiger partial charge is 0.407 e. The van der Waals surface area contributed by atoms with E-state index in [-0.39, 0.29) is 6.61 Å². The van der Waals surface area contributed by atoms with Crippen LogP contribution in [0.1, 0.15) is 18.2 Å². The molecule has 0 aromatic carbocycles. The van der Waals surface area contributed by atoms with E-state index in [4.69, 9.17) is 15.2 Å². The van der Waals surface area contributed by atoms with Gasteiger partial charge in [0.05, 0.1) is 0 Å². The van der Waals surface area contributed by atoms with Crippen LogP contribution in [0, 0.1) is 6.92 Å². The van der Waals surface area contributed by atoms with Crippen LogP contribution in [0.3, 0.4) is 0 Å². The lowest BCUT2D eigenvalue weighted by Gasteiger charge is -2.16. The molecule has 1 aliphatic heterocycles. The van der Waals surface area contributed by atoms with Gasteiger partial charge in [-0.25, -0.2) is 9.59 Å². The molecule has 0 spiro atoms. The van der Waals surface area contributed by atoms with Crippen molar-refractivity contribution in [3.05, 3.63) is 44.8 Å². The first-order valence-corrected chi connectivity index (χ1v) is 7.28. The van der Waals surface area contributed by atoms with Crippen LogP contribution in [0.25, 0.3) is 0 Å². The molecule has 4 N–H and O–H groups in total. The summed E-state index contributed by atoms with van der Waals surface area (Å²) in [7, 11) is 0. The predicted octanol–water partition coefficient (Wildman–Crippen LogP) is -0.626. The number of nitrogens with zero attached hydrogens (tertiary/aromatic N) is 1. The fourth-order valence-electron chi connectivity index (χ4n) is 2.02. The summed E-state index contributed by atoms with van der Waals surface area (Å²) in [6.45, 7) is 2.56. The van der Waals surface area contributed by atoms with Gasteiger partial charge in [-0.2, -0.15) is 0 Å². The number of H-pyrrole nitrogens is 1. The quantitative estimate of drug-likeness (QED) is 0.472. The largest absolute Gasteiger partial charge is 0.446 e. The summed E-state index contributed by atoms with van der Waals surface area (Å²) in [5.41, 5.74) is 4.74. The molecule has 0 radical (unpaired) electrons. The number of carbonyl (C=O) groups is 1. The van der Waals surface area contributed by atoms with Gasteiger partial charge in [0.25, 0.3) is 5.56 Å². The maximum atomic E-state index is 11.8. The molecular formula is C14H20N4O5. The van der Waals surface area contributed by atoms with E-state index in [1.807, 2.05) is 0 Å². The van der Waals surface area contributed by atoms with Gasteiger partial charge in [0.2, 0.25) is 0 Å². The van der Waals surface area contributed by atoms with Crippen LogP contribution in [0.15, 0.2) is 27.9 Å². The molecular weight excluding hydrogens is 304 g/mol. The number of aryl methyl sites for hydroxylation is 1. The van der Waals surface area contributed by atoms with E-state index in [9.17, 15) is 14.4 Å². The Labute approximate surface area is 132 Å². The fraction of sp³-hybridized carbons (Fsp3) is 0.500. The van der Waals surface area contributed by atoms with Crippen molar-refractivity contribution in [1.29, 1.82) is 0 Å². The van der Waals surface area contributed by atoms with E-state index < -0.39 is 29.7 Å². The normalized spacial score (nSPS) is 19.7. The molecule has 1 aromatic heterocycles. The first-order chi connectivity index (χ1) is 11.0. The monoisotopic (exact) mass is 324 g/mol. The van der Waals surface area contributed by atoms with E-state index in [0.29, 0.717) is 25.1 Å². The molecule has 0 unspecified atom stereocenters. The molecule has 1 amide bonds. The van der Waals surface area contributed by atoms with Crippen LogP contribution in [-0.2, 0) is 9.47 Å². The van der Waals surface area contributed by atoms with E-state index in [0.717, 1.165) is 0 Å². The van der Waals surface area contributed by atoms with Crippen LogP contribution in [0.5, 0.6) is 0 Å². The number of ether oxygens (including phenoxy) is 2. The fourth-order valence-corrected chi connectivity index (χ4v) is 2.02. The van der Waals surface area contributed by atoms with Crippen molar-refractivity contribution in [1.82, 2.24) is 14.9 Å². The van der Waals surface area contributed by atoms with Gasteiger partial charge in [-0.1, -0.05) is 6.08 Å². The van der Waals surface area contributed by atoms with Crippen LogP contribution in [0.2, 0.25) is 0 Å². The SMILES string of the molecule is Cc1cn([C@H]2C=C[C@@H](COC(=O)NCCCN)O2)c(=O)[nH]c1=O. The van der Waals surface area contributed by atoms with Gasteiger partial charge >= 0.3 is 11.8 Å². The van der Waals surface area contributed by atoms with Gasteiger partial charge in [0, 0.05) is 18.3 Å². The molecule has 1 aromatic rings. The van der Waals surface area contributed by atoms with Gasteiger partial charge in [0.15, 0.2) is 6.23 Å². The van der Waals surface area contributed by atoms with E-state index in [1.54, 1.807) is 19.1 Å². The molecule has 2 heterocycles. The minimum atomic E-state index is -0.646. The number of carbonyl (C=O) groups excluding carboxylic acids is 1. The number of rotatable bonds is 6. The summed E-state index contributed by atoms with van der Waals surface area (Å²) in [5.74, 6) is 0. The Bertz CT molecular complexity index is 693. The molecule has 0 aliphatic carbocycles. The molecule has 2 rings (SSSR count). The molecule has 9 nitrogen and oxygen atoms in total. The number of amides is 1. The molecule has 2 atom stereocenters. The van der Waals surface area contributed by atoms with Gasteiger partial charge in [-0.3, -0.25) is 14.3 Å². The summed E-state index contributed by atoms with van der Waals surface area (Å²) in [5, 5.41) is 2.56. The zero-order valence-corrected chi connectivity index (χ0v) is 12.8. The van der Waals surface area contributed by atoms with Gasteiger partial charge in [0.1, 0.15) is 12.7 Å². The summed E-state index contributed by atoms with van der Waals surface area (Å²) < 4.78 is 11.9. The Morgan fingerprint density at radius 2 is 2.26 bits per heavy atom. The molecule has 0 saturated heterocycles. The van der Waals surface area contributed by atoms with Crippen molar-refractivity contribution in [2.75, 3.05) is 19.7 Å². The lowest BCUT2D eigenvalue weighted by molar-refractivity contribution is -0.0149. The average molecular weight is 324 g/mol. The van der Waals surface area contributed by atoms with Crippen molar-refractivity contribution in [2.24, 2.45) is 5.73 Å². The molecule has 1 aliphatic rings. The second kappa shape index (κ2) is 7.75. The van der Waals surface area contributed by atoms with Crippen molar-refractivity contribution in [2.45, 2.75) is 25.7 Å². The zero-order valence-electron chi connectivity index (χ0n) is 12.8. The number of hydrogen-bond acceptors (Lipinski definition) is 6. The van der Waals surface area contributed by atoms with Crippen LogP contribution >= 0.6 is 0 Å². The second-order valence-corrected chi connectivity index (χ2v) is 5.10. The molecule has 23 heavy (non-hydrogen) atoms. The van der Waals surface area contributed by atoms with Crippen molar-refractivity contribution >= 4 is 6.09 Å². The first kappa shape index (κ1) is 17.0. The molecule has 0 bridgehead atoms. The lowest BCUT2D eigenvalue weighted by atomic mass is 10.3. The Morgan fingerprint density at radius 1 is 1.48 bits per heavy atom. The van der Waals surface area contributed by atoms with Crippen molar-refractivity contribution in [3.63, 3.8) is 0 Å². The standard InChI is InChI=1S/C14H20N4O5/c1-9-7-18(13(20)17-12(9)19)11-4-3-10(23-11)8-22-14(21)16-6-2-5-15/h3-4,7,10-11H,2,5-6,8,15H2,1H3,(H,16,21)(H,17,19,20)/t10-,11+/m0/s1. The molecule has 126 valence electrons. The topological polar surface area (TPSA) is 128 Å². The van der Waals surface area contributed by atoms with Crippen LogP contribution < -0.4 is 22.3 Å². The van der Waals surface area contributed by atoms with Crippen LogP contribution in [0.4, 0.5) is 4.79 Å². The highest BCUT2D eigenvalue weighted by atomic mass is 16.6. The third kappa shape index (κ3) is 4.54. The number of aromatic amines is 1. The highest BCUT2D eigenvalue weighted by Crippen LogP contribution is 2.19. The minimum absolute atomic E-state index is 0.0263. The zero-order chi connectivity index (χ0) is 16.8. The van der Waals surface area contributed by atoms with E-state index >= 15 is 0 Å². The summed E-state index contributed by atoms with van der Waals surface area (Å²) in [6, 6.07) is 0.